The standard InChI is InChI=1S/C32H41N3O4S/c1-5-26-17-19-28(20-18-26)35(40(38,39)29-15-11-8-12-16-29)24-31(36)34(22-21-27-13-9-7-10-14-27)30(6-2)32(37)33-23-25(3)4/h7-20,25,30H,5-6,21-24H2,1-4H3,(H,33,37)/t30-/m0/s1. The van der Waals surface area contributed by atoms with E-state index in [-0.39, 0.29) is 23.3 Å². The fourth-order valence-electron chi connectivity index (χ4n) is 4.46. The third-order valence-electron chi connectivity index (χ3n) is 6.80. The normalized spacial score (nSPS) is 12.1. The van der Waals surface area contributed by atoms with Gasteiger partial charge in [0, 0.05) is 13.1 Å². The van der Waals surface area contributed by atoms with Crippen molar-refractivity contribution >= 4 is 27.5 Å². The molecule has 0 saturated heterocycles. The number of benzene rings is 3. The summed E-state index contributed by atoms with van der Waals surface area (Å²) in [6, 6.07) is 24.3. The first-order valence-corrected chi connectivity index (χ1v) is 15.4. The molecule has 0 spiro atoms. The number of carbonyl (C=O) groups excluding carboxylic acids is 2. The zero-order valence-electron chi connectivity index (χ0n) is 23.9. The van der Waals surface area contributed by atoms with Crippen LogP contribution in [0.2, 0.25) is 0 Å². The molecule has 40 heavy (non-hydrogen) atoms. The summed E-state index contributed by atoms with van der Waals surface area (Å²) in [6.07, 6.45) is 1.75. The predicted octanol–water partition coefficient (Wildman–Crippen LogP) is 5.07. The lowest BCUT2D eigenvalue weighted by Gasteiger charge is -2.33. The van der Waals surface area contributed by atoms with Gasteiger partial charge >= 0.3 is 0 Å². The number of sulfonamides is 1. The summed E-state index contributed by atoms with van der Waals surface area (Å²) in [5.74, 6) is -0.406. The van der Waals surface area contributed by atoms with Crippen LogP contribution in [0.1, 0.15) is 45.2 Å². The van der Waals surface area contributed by atoms with Crippen molar-refractivity contribution in [2.75, 3.05) is 23.9 Å². The summed E-state index contributed by atoms with van der Waals surface area (Å²) in [4.78, 5) is 28.9. The minimum atomic E-state index is -4.06. The van der Waals surface area contributed by atoms with Gasteiger partial charge in [-0.15, -0.1) is 0 Å². The molecule has 0 radical (unpaired) electrons. The van der Waals surface area contributed by atoms with Crippen LogP contribution < -0.4 is 9.62 Å². The van der Waals surface area contributed by atoms with Gasteiger partial charge in [-0.1, -0.05) is 88.4 Å². The minimum absolute atomic E-state index is 0.0971. The fourth-order valence-corrected chi connectivity index (χ4v) is 5.90. The van der Waals surface area contributed by atoms with Crippen LogP contribution in [-0.2, 0) is 32.5 Å². The molecule has 0 heterocycles. The summed E-state index contributed by atoms with van der Waals surface area (Å²) in [5, 5.41) is 2.96. The highest BCUT2D eigenvalue weighted by molar-refractivity contribution is 7.92. The van der Waals surface area contributed by atoms with E-state index in [0.29, 0.717) is 25.1 Å². The van der Waals surface area contributed by atoms with Gasteiger partial charge in [-0.2, -0.15) is 0 Å². The summed E-state index contributed by atoms with van der Waals surface area (Å²) in [7, 11) is -4.06. The highest BCUT2D eigenvalue weighted by Gasteiger charge is 2.33. The molecule has 8 heteroatoms. The molecule has 0 aliphatic rings. The molecule has 3 rings (SSSR count). The van der Waals surface area contributed by atoms with Crippen LogP contribution in [0.15, 0.2) is 89.8 Å². The van der Waals surface area contributed by atoms with Gasteiger partial charge in [-0.25, -0.2) is 8.42 Å². The fraction of sp³-hybridized carbons (Fsp3) is 0.375. The number of anilines is 1. The van der Waals surface area contributed by atoms with Crippen molar-refractivity contribution in [3.63, 3.8) is 0 Å². The molecule has 1 N–H and O–H groups in total. The molecule has 2 amide bonds. The summed E-state index contributed by atoms with van der Waals surface area (Å²) in [6.45, 7) is 8.26. The number of nitrogens with one attached hydrogen (secondary N) is 1. The number of amides is 2. The maximum absolute atomic E-state index is 14.0. The Morgan fingerprint density at radius 3 is 1.98 bits per heavy atom. The monoisotopic (exact) mass is 563 g/mol. The van der Waals surface area contributed by atoms with Crippen LogP contribution in [0.5, 0.6) is 0 Å². The molecule has 0 bridgehead atoms. The quantitative estimate of drug-likeness (QED) is 0.297. The molecule has 0 aliphatic carbocycles. The van der Waals surface area contributed by atoms with Crippen LogP contribution in [0.25, 0.3) is 0 Å². The molecule has 214 valence electrons. The van der Waals surface area contributed by atoms with Gasteiger partial charge in [0.2, 0.25) is 11.8 Å². The third kappa shape index (κ3) is 8.18. The highest BCUT2D eigenvalue weighted by Crippen LogP contribution is 2.25. The average Bonchev–Trinajstić information content (AvgIpc) is 2.97. The predicted molar refractivity (Wildman–Crippen MR) is 161 cm³/mol. The Balaban J connectivity index is 1.98. The van der Waals surface area contributed by atoms with Gasteiger partial charge in [-0.3, -0.25) is 13.9 Å². The van der Waals surface area contributed by atoms with E-state index in [0.717, 1.165) is 21.9 Å². The van der Waals surface area contributed by atoms with Crippen LogP contribution in [0, 0.1) is 5.92 Å². The second-order valence-corrected chi connectivity index (χ2v) is 12.1. The van der Waals surface area contributed by atoms with Crippen molar-refractivity contribution in [2.24, 2.45) is 5.92 Å². The van der Waals surface area contributed by atoms with Crippen molar-refractivity contribution < 1.29 is 18.0 Å². The zero-order chi connectivity index (χ0) is 29.1. The molecule has 3 aromatic carbocycles. The lowest BCUT2D eigenvalue weighted by Crippen LogP contribution is -2.53. The van der Waals surface area contributed by atoms with Crippen LogP contribution >= 0.6 is 0 Å². The summed E-state index contributed by atoms with van der Waals surface area (Å²) < 4.78 is 28.9. The lowest BCUT2D eigenvalue weighted by atomic mass is 10.1. The Kier molecular flexibility index (Phi) is 11.3. The highest BCUT2D eigenvalue weighted by atomic mass is 32.2. The van der Waals surface area contributed by atoms with E-state index >= 15 is 0 Å². The van der Waals surface area contributed by atoms with Crippen molar-refractivity contribution in [3.8, 4) is 0 Å². The topological polar surface area (TPSA) is 86.8 Å². The first-order chi connectivity index (χ1) is 19.2. The van der Waals surface area contributed by atoms with Gasteiger partial charge in [-0.05, 0) is 60.6 Å². The first kappa shape index (κ1) is 30.9. The summed E-state index contributed by atoms with van der Waals surface area (Å²) >= 11 is 0. The van der Waals surface area contributed by atoms with E-state index in [1.165, 1.54) is 17.0 Å². The molecule has 1 atom stereocenters. The van der Waals surface area contributed by atoms with Gasteiger partial charge in [0.1, 0.15) is 12.6 Å². The maximum Gasteiger partial charge on any atom is 0.264 e. The molecule has 0 unspecified atom stereocenters. The van der Waals surface area contributed by atoms with Gasteiger partial charge < -0.3 is 10.2 Å². The van der Waals surface area contributed by atoms with E-state index in [2.05, 4.69) is 5.32 Å². The van der Waals surface area contributed by atoms with E-state index in [4.69, 9.17) is 0 Å². The van der Waals surface area contributed by atoms with E-state index in [1.54, 1.807) is 30.3 Å². The second-order valence-electron chi connectivity index (χ2n) is 10.2. The van der Waals surface area contributed by atoms with Gasteiger partial charge in [0.25, 0.3) is 10.0 Å². The molecular formula is C32H41N3O4S. The van der Waals surface area contributed by atoms with Gasteiger partial charge in [0.05, 0.1) is 10.6 Å². The Hall–Kier alpha value is -3.65. The van der Waals surface area contributed by atoms with Crippen LogP contribution in [-0.4, -0.2) is 50.8 Å². The third-order valence-corrected chi connectivity index (χ3v) is 8.59. The molecule has 0 aliphatic heterocycles. The largest absolute Gasteiger partial charge is 0.354 e. The Morgan fingerprint density at radius 2 is 1.43 bits per heavy atom. The number of rotatable bonds is 14. The summed E-state index contributed by atoms with van der Waals surface area (Å²) in [5.41, 5.74) is 2.49. The van der Waals surface area contributed by atoms with Crippen LogP contribution in [0.3, 0.4) is 0 Å². The van der Waals surface area contributed by atoms with E-state index < -0.39 is 28.5 Å². The molecule has 0 saturated carbocycles. The zero-order valence-corrected chi connectivity index (χ0v) is 24.7. The van der Waals surface area contributed by atoms with E-state index in [9.17, 15) is 18.0 Å². The second kappa shape index (κ2) is 14.7. The number of carbonyl (C=O) groups is 2. The molecule has 0 aromatic heterocycles. The van der Waals surface area contributed by atoms with Crippen molar-refractivity contribution in [3.05, 3.63) is 96.1 Å². The molecular weight excluding hydrogens is 522 g/mol. The Labute approximate surface area is 239 Å². The smallest absolute Gasteiger partial charge is 0.264 e. The number of hydrogen-bond donors (Lipinski definition) is 1. The molecule has 0 fully saturated rings. The Morgan fingerprint density at radius 1 is 0.825 bits per heavy atom. The molecule has 7 nitrogen and oxygen atoms in total. The minimum Gasteiger partial charge on any atom is -0.354 e. The number of aryl methyl sites for hydroxylation is 1. The SMILES string of the molecule is CCc1ccc(N(CC(=O)N(CCc2ccccc2)[C@@H](CC)C(=O)NCC(C)C)S(=O)(=O)c2ccccc2)cc1. The van der Waals surface area contributed by atoms with Gasteiger partial charge in [0.15, 0.2) is 0 Å². The van der Waals surface area contributed by atoms with Crippen molar-refractivity contribution in [1.82, 2.24) is 10.2 Å². The van der Waals surface area contributed by atoms with E-state index in [1.807, 2.05) is 70.2 Å². The Bertz CT molecular complexity index is 1330. The number of nitrogens with zero attached hydrogens (tertiary/aromatic N) is 2. The molecule has 3 aromatic rings. The van der Waals surface area contributed by atoms with Crippen molar-refractivity contribution in [1.29, 1.82) is 0 Å². The van der Waals surface area contributed by atoms with Crippen LogP contribution in [0.4, 0.5) is 5.69 Å². The maximum atomic E-state index is 14.0. The van der Waals surface area contributed by atoms with Crippen molar-refractivity contribution in [2.45, 2.75) is 57.9 Å². The average molecular weight is 564 g/mol. The number of hydrogen-bond acceptors (Lipinski definition) is 4. The lowest BCUT2D eigenvalue weighted by molar-refractivity contribution is -0.139. The first-order valence-electron chi connectivity index (χ1n) is 13.9.